The number of nitrogens with zero attached hydrogens (tertiary/aromatic N) is 3. The van der Waals surface area contributed by atoms with Crippen LogP contribution in [0.15, 0.2) is 34.6 Å². The van der Waals surface area contributed by atoms with Gasteiger partial charge in [-0.2, -0.15) is 0 Å². The van der Waals surface area contributed by atoms with Crippen LogP contribution in [-0.2, 0) is 11.3 Å². The second kappa shape index (κ2) is 13.8. The van der Waals surface area contributed by atoms with Crippen LogP contribution in [0.25, 0.3) is 0 Å². The monoisotopic (exact) mass is 532 g/mol. The second-order valence-electron chi connectivity index (χ2n) is 6.66. The Morgan fingerprint density at radius 2 is 2.03 bits per heavy atom. The molecule has 8 heteroatoms. The SMILES string of the molecule is CCNC(=NCCCOc1ccc(C)cc1)N(C)Cc1csc(C(C)OC)n1.I. The third-order valence-electron chi connectivity index (χ3n) is 4.22. The molecular formula is C21H33IN4O2S. The molecule has 0 saturated heterocycles. The van der Waals surface area contributed by atoms with Gasteiger partial charge in [0.25, 0.3) is 0 Å². The van der Waals surface area contributed by atoms with E-state index < -0.39 is 0 Å². The standard InChI is InChI=1S/C21H32N4O2S.HI/c1-6-22-21(23-12-7-13-27-19-10-8-16(2)9-11-19)25(4)14-18-15-28-20(24-18)17(3)26-5;/h8-11,15,17H,6-7,12-14H2,1-5H3,(H,22,23);1H. The van der Waals surface area contributed by atoms with Crippen molar-refractivity contribution >= 4 is 41.3 Å². The number of nitrogens with one attached hydrogen (secondary N) is 1. The molecule has 1 heterocycles. The van der Waals surface area contributed by atoms with Crippen molar-refractivity contribution in [2.45, 2.75) is 39.8 Å². The zero-order valence-electron chi connectivity index (χ0n) is 18.0. The number of thiazole rings is 1. The van der Waals surface area contributed by atoms with Crippen LogP contribution in [0.4, 0.5) is 0 Å². The van der Waals surface area contributed by atoms with E-state index in [1.165, 1.54) is 5.56 Å². The van der Waals surface area contributed by atoms with E-state index in [2.05, 4.69) is 46.6 Å². The summed E-state index contributed by atoms with van der Waals surface area (Å²) in [5.41, 5.74) is 2.26. The quantitative estimate of drug-likeness (QED) is 0.209. The van der Waals surface area contributed by atoms with Crippen LogP contribution in [0.2, 0.25) is 0 Å². The molecule has 2 rings (SSSR count). The molecule has 0 bridgehead atoms. The fourth-order valence-corrected chi connectivity index (χ4v) is 3.39. The van der Waals surface area contributed by atoms with Crippen LogP contribution in [0.3, 0.4) is 0 Å². The average Bonchev–Trinajstić information content (AvgIpc) is 3.16. The Balaban J connectivity index is 0.00000420. The highest BCUT2D eigenvalue weighted by molar-refractivity contribution is 14.0. The molecule has 1 atom stereocenters. The van der Waals surface area contributed by atoms with Crippen molar-refractivity contribution in [3.63, 3.8) is 0 Å². The van der Waals surface area contributed by atoms with Crippen molar-refractivity contribution in [1.29, 1.82) is 0 Å². The van der Waals surface area contributed by atoms with Crippen LogP contribution in [-0.4, -0.2) is 49.7 Å². The molecule has 6 nitrogen and oxygen atoms in total. The van der Waals surface area contributed by atoms with E-state index >= 15 is 0 Å². The van der Waals surface area contributed by atoms with E-state index in [-0.39, 0.29) is 30.1 Å². The molecule has 0 aliphatic carbocycles. The summed E-state index contributed by atoms with van der Waals surface area (Å²) in [4.78, 5) is 11.5. The predicted octanol–water partition coefficient (Wildman–Crippen LogP) is 4.64. The molecule has 0 amide bonds. The molecule has 0 fully saturated rings. The highest BCUT2D eigenvalue weighted by atomic mass is 127. The van der Waals surface area contributed by atoms with E-state index in [0.717, 1.165) is 35.4 Å². The lowest BCUT2D eigenvalue weighted by atomic mass is 10.2. The third kappa shape index (κ3) is 8.88. The largest absolute Gasteiger partial charge is 0.494 e. The van der Waals surface area contributed by atoms with Crippen molar-refractivity contribution in [2.75, 3.05) is 33.9 Å². The van der Waals surface area contributed by atoms with Gasteiger partial charge in [-0.25, -0.2) is 4.98 Å². The number of guanidine groups is 1. The number of halogens is 1. The number of ether oxygens (including phenoxy) is 2. The first-order valence-corrected chi connectivity index (χ1v) is 10.6. The van der Waals surface area contributed by atoms with E-state index in [9.17, 15) is 0 Å². The van der Waals surface area contributed by atoms with Gasteiger partial charge in [-0.05, 0) is 32.9 Å². The lowest BCUT2D eigenvalue weighted by Gasteiger charge is -2.21. The minimum atomic E-state index is 0. The summed E-state index contributed by atoms with van der Waals surface area (Å²) in [6.45, 7) is 9.05. The van der Waals surface area contributed by atoms with Gasteiger partial charge in [-0.3, -0.25) is 4.99 Å². The molecule has 1 unspecified atom stereocenters. The van der Waals surface area contributed by atoms with Crippen molar-refractivity contribution < 1.29 is 9.47 Å². The Labute approximate surface area is 195 Å². The predicted molar refractivity (Wildman–Crippen MR) is 132 cm³/mol. The Morgan fingerprint density at radius 3 is 2.69 bits per heavy atom. The van der Waals surface area contributed by atoms with Crippen LogP contribution in [0.5, 0.6) is 5.75 Å². The zero-order chi connectivity index (χ0) is 20.4. The smallest absolute Gasteiger partial charge is 0.194 e. The minimum Gasteiger partial charge on any atom is -0.494 e. The van der Waals surface area contributed by atoms with Gasteiger partial charge < -0.3 is 19.7 Å². The molecule has 29 heavy (non-hydrogen) atoms. The van der Waals surface area contributed by atoms with Crippen molar-refractivity contribution in [1.82, 2.24) is 15.2 Å². The average molecular weight is 532 g/mol. The van der Waals surface area contributed by atoms with E-state index in [1.54, 1.807) is 18.4 Å². The second-order valence-corrected chi connectivity index (χ2v) is 7.55. The first kappa shape index (κ1) is 25.6. The maximum Gasteiger partial charge on any atom is 0.194 e. The van der Waals surface area contributed by atoms with Crippen LogP contribution < -0.4 is 10.1 Å². The number of aliphatic imine (C=N–C) groups is 1. The van der Waals surface area contributed by atoms with Gasteiger partial charge >= 0.3 is 0 Å². The summed E-state index contributed by atoms with van der Waals surface area (Å²) in [5, 5.41) is 6.43. The van der Waals surface area contributed by atoms with Gasteiger partial charge in [0.1, 0.15) is 16.9 Å². The van der Waals surface area contributed by atoms with E-state index in [4.69, 9.17) is 14.5 Å². The Hall–Kier alpha value is -1.39. The molecule has 0 aliphatic heterocycles. The summed E-state index contributed by atoms with van der Waals surface area (Å²) < 4.78 is 11.1. The fraction of sp³-hybridized carbons (Fsp3) is 0.524. The molecule has 1 N–H and O–H groups in total. The Morgan fingerprint density at radius 1 is 1.31 bits per heavy atom. The molecule has 0 aliphatic rings. The highest BCUT2D eigenvalue weighted by Crippen LogP contribution is 2.21. The highest BCUT2D eigenvalue weighted by Gasteiger charge is 2.12. The van der Waals surface area contributed by atoms with Gasteiger partial charge in [0.2, 0.25) is 0 Å². The van der Waals surface area contributed by atoms with Gasteiger partial charge in [-0.1, -0.05) is 17.7 Å². The minimum absolute atomic E-state index is 0. The summed E-state index contributed by atoms with van der Waals surface area (Å²) in [5.74, 6) is 1.79. The van der Waals surface area contributed by atoms with Crippen molar-refractivity contribution in [2.24, 2.45) is 4.99 Å². The Bertz CT molecular complexity index is 737. The van der Waals surface area contributed by atoms with Gasteiger partial charge in [0, 0.05) is 39.0 Å². The first-order chi connectivity index (χ1) is 13.5. The maximum atomic E-state index is 5.77. The molecule has 162 valence electrons. The van der Waals surface area contributed by atoms with E-state index in [0.29, 0.717) is 19.7 Å². The molecular weight excluding hydrogens is 499 g/mol. The van der Waals surface area contributed by atoms with Gasteiger partial charge in [0.15, 0.2) is 5.96 Å². The summed E-state index contributed by atoms with van der Waals surface area (Å²) >= 11 is 1.63. The number of hydrogen-bond acceptors (Lipinski definition) is 5. The number of benzene rings is 1. The lowest BCUT2D eigenvalue weighted by molar-refractivity contribution is 0.119. The molecule has 2 aromatic rings. The summed E-state index contributed by atoms with van der Waals surface area (Å²) in [7, 11) is 3.74. The molecule has 1 aromatic carbocycles. The molecule has 0 saturated carbocycles. The van der Waals surface area contributed by atoms with E-state index in [1.807, 2.05) is 26.1 Å². The summed E-state index contributed by atoms with van der Waals surface area (Å²) in [6.07, 6.45) is 0.891. The molecule has 1 aromatic heterocycles. The number of methoxy groups -OCH3 is 1. The molecule has 0 spiro atoms. The maximum absolute atomic E-state index is 5.77. The normalized spacial score (nSPS) is 12.2. The fourth-order valence-electron chi connectivity index (χ4n) is 2.54. The number of aromatic nitrogens is 1. The van der Waals surface area contributed by atoms with Crippen molar-refractivity contribution in [3.05, 3.63) is 45.9 Å². The summed E-state index contributed by atoms with van der Waals surface area (Å²) in [6, 6.07) is 8.12. The van der Waals surface area contributed by atoms with Crippen LogP contribution in [0.1, 0.15) is 42.6 Å². The topological polar surface area (TPSA) is 59.0 Å². The lowest BCUT2D eigenvalue weighted by Crippen LogP contribution is -2.38. The number of aryl methyl sites for hydroxylation is 1. The van der Waals surface area contributed by atoms with Crippen LogP contribution >= 0.6 is 35.3 Å². The van der Waals surface area contributed by atoms with Crippen molar-refractivity contribution in [3.8, 4) is 5.75 Å². The molecule has 0 radical (unpaired) electrons. The number of rotatable bonds is 10. The number of hydrogen-bond donors (Lipinski definition) is 1. The van der Waals surface area contributed by atoms with Gasteiger partial charge in [-0.15, -0.1) is 35.3 Å². The zero-order valence-corrected chi connectivity index (χ0v) is 21.1. The third-order valence-corrected chi connectivity index (χ3v) is 5.27. The Kier molecular flexibility index (Phi) is 12.2. The first-order valence-electron chi connectivity index (χ1n) is 9.69. The van der Waals surface area contributed by atoms with Gasteiger partial charge in [0.05, 0.1) is 18.8 Å². The van der Waals surface area contributed by atoms with Crippen LogP contribution in [0, 0.1) is 6.92 Å².